The minimum atomic E-state index is -1.29. The Bertz CT molecular complexity index is 1000. The van der Waals surface area contributed by atoms with Gasteiger partial charge in [-0.3, -0.25) is 19.1 Å². The Kier molecular flexibility index (Phi) is 8.95. The van der Waals surface area contributed by atoms with Gasteiger partial charge in [-0.05, 0) is 54.6 Å². The molecule has 0 aromatic carbocycles. The van der Waals surface area contributed by atoms with Crippen LogP contribution < -0.4 is 0 Å². The lowest BCUT2D eigenvalue weighted by atomic mass is 9.44. The number of ether oxygens (including phenoxy) is 4. The van der Waals surface area contributed by atoms with Gasteiger partial charge in [0.05, 0.1) is 23.5 Å². The van der Waals surface area contributed by atoms with E-state index in [1.165, 1.54) is 19.9 Å². The van der Waals surface area contributed by atoms with Gasteiger partial charge in [0.1, 0.15) is 6.10 Å². The van der Waals surface area contributed by atoms with Crippen molar-refractivity contribution in [2.45, 2.75) is 98.1 Å². The standard InChI is InChI=1S/C29H42O9/c1-9-15(3)22(32)14-28(8)17(5)11-24(33)29-21(26(35-18(6)30)38-27(29)36-19(7)31)12-20(13-23(28)29)37-25(34)16(4)10-2/h9,12,16-17,20,22-24,26-27,32-33H,1,3,10-11,13-14H2,2,4-8H3/t16?,17-,20+,22+,23+,24+,26+,27-,28-,29+/m0/s1. The number of rotatable bonds is 9. The van der Waals surface area contributed by atoms with E-state index in [-0.39, 0.29) is 30.6 Å². The normalized spacial score (nSPS) is 37.5. The van der Waals surface area contributed by atoms with Crippen LogP contribution in [0.1, 0.15) is 67.2 Å². The minimum absolute atomic E-state index is 0.101. The Labute approximate surface area is 224 Å². The summed E-state index contributed by atoms with van der Waals surface area (Å²) in [6, 6.07) is 0. The minimum Gasteiger partial charge on any atom is -0.458 e. The first-order valence-electron chi connectivity index (χ1n) is 13.3. The number of carbonyl (C=O) groups is 3. The summed E-state index contributed by atoms with van der Waals surface area (Å²) in [5.41, 5.74) is -1.10. The molecule has 9 heteroatoms. The van der Waals surface area contributed by atoms with Gasteiger partial charge in [-0.1, -0.05) is 46.9 Å². The number of hydrogen-bond acceptors (Lipinski definition) is 9. The second-order valence-electron chi connectivity index (χ2n) is 11.3. The molecule has 0 aromatic heterocycles. The topological polar surface area (TPSA) is 129 Å². The average molecular weight is 535 g/mol. The maximum Gasteiger partial charge on any atom is 0.309 e. The second kappa shape index (κ2) is 11.3. The Morgan fingerprint density at radius 1 is 1.21 bits per heavy atom. The molecule has 1 aliphatic heterocycles. The molecule has 2 N–H and O–H groups in total. The Hall–Kier alpha value is -2.49. The highest BCUT2D eigenvalue weighted by Gasteiger charge is 2.71. The van der Waals surface area contributed by atoms with Crippen molar-refractivity contribution in [2.75, 3.05) is 0 Å². The SMILES string of the molecule is C=CC(=C)[C@H](O)C[C@]1(C)[C@H]2C[C@H](OC(=O)C(C)CC)C=C3[C@H](OC(C)=O)O[C@H](OC(C)=O)[C@]32[C@H](O)C[C@@H]1C. The summed E-state index contributed by atoms with van der Waals surface area (Å²) < 4.78 is 23.1. The van der Waals surface area contributed by atoms with E-state index in [1.807, 2.05) is 20.8 Å². The molecule has 3 aliphatic rings. The van der Waals surface area contributed by atoms with E-state index in [0.29, 0.717) is 24.0 Å². The second-order valence-corrected chi connectivity index (χ2v) is 11.3. The van der Waals surface area contributed by atoms with E-state index in [4.69, 9.17) is 18.9 Å². The maximum absolute atomic E-state index is 12.8. The fourth-order valence-corrected chi connectivity index (χ4v) is 6.52. The molecule has 212 valence electrons. The summed E-state index contributed by atoms with van der Waals surface area (Å²) in [5.74, 6) is -2.53. The van der Waals surface area contributed by atoms with Gasteiger partial charge in [0.2, 0.25) is 12.6 Å². The third kappa shape index (κ3) is 5.20. The van der Waals surface area contributed by atoms with Gasteiger partial charge in [0, 0.05) is 19.4 Å². The lowest BCUT2D eigenvalue weighted by Crippen LogP contribution is -2.63. The summed E-state index contributed by atoms with van der Waals surface area (Å²) in [5, 5.41) is 22.8. The van der Waals surface area contributed by atoms with Crippen LogP contribution in [-0.2, 0) is 33.3 Å². The number of aliphatic hydroxyl groups is 2. The van der Waals surface area contributed by atoms with Crippen LogP contribution in [-0.4, -0.2) is 59.0 Å². The molecule has 1 saturated carbocycles. The van der Waals surface area contributed by atoms with Gasteiger partial charge < -0.3 is 24.4 Å². The smallest absolute Gasteiger partial charge is 0.309 e. The van der Waals surface area contributed by atoms with Crippen LogP contribution in [0.5, 0.6) is 0 Å². The van der Waals surface area contributed by atoms with Crippen LogP contribution in [0.3, 0.4) is 0 Å². The van der Waals surface area contributed by atoms with Crippen LogP contribution >= 0.6 is 0 Å². The van der Waals surface area contributed by atoms with Crippen molar-refractivity contribution in [3.05, 3.63) is 36.5 Å². The van der Waals surface area contributed by atoms with Crippen molar-refractivity contribution in [3.63, 3.8) is 0 Å². The molecule has 9 nitrogen and oxygen atoms in total. The maximum atomic E-state index is 12.8. The molecule has 0 radical (unpaired) electrons. The Morgan fingerprint density at radius 3 is 2.39 bits per heavy atom. The van der Waals surface area contributed by atoms with Crippen LogP contribution in [0.4, 0.5) is 0 Å². The van der Waals surface area contributed by atoms with Gasteiger partial charge in [0.25, 0.3) is 0 Å². The molecule has 0 aromatic rings. The number of carbonyl (C=O) groups excluding carboxylic acids is 3. The Morgan fingerprint density at radius 2 is 1.84 bits per heavy atom. The monoisotopic (exact) mass is 534 g/mol. The van der Waals surface area contributed by atoms with Crippen molar-refractivity contribution in [1.29, 1.82) is 0 Å². The third-order valence-electron chi connectivity index (χ3n) is 9.00. The van der Waals surface area contributed by atoms with Crippen LogP contribution in [0.25, 0.3) is 0 Å². The molecular weight excluding hydrogens is 492 g/mol. The predicted octanol–water partition coefficient (Wildman–Crippen LogP) is 3.59. The van der Waals surface area contributed by atoms with E-state index < -0.39 is 59.6 Å². The molecule has 2 fully saturated rings. The van der Waals surface area contributed by atoms with Gasteiger partial charge in [-0.2, -0.15) is 0 Å². The molecule has 2 aliphatic carbocycles. The highest BCUT2D eigenvalue weighted by atomic mass is 16.8. The molecule has 0 amide bonds. The molecular formula is C29H42O9. The molecule has 3 rings (SSSR count). The summed E-state index contributed by atoms with van der Waals surface area (Å²) >= 11 is 0. The zero-order valence-corrected chi connectivity index (χ0v) is 23.3. The molecule has 1 unspecified atom stereocenters. The van der Waals surface area contributed by atoms with Gasteiger partial charge in [-0.15, -0.1) is 0 Å². The highest BCUT2D eigenvalue weighted by Crippen LogP contribution is 2.67. The van der Waals surface area contributed by atoms with Crippen LogP contribution in [0.15, 0.2) is 36.5 Å². The first kappa shape index (κ1) is 30.1. The van der Waals surface area contributed by atoms with Gasteiger partial charge in [0.15, 0.2) is 0 Å². The van der Waals surface area contributed by atoms with E-state index in [0.717, 1.165) is 0 Å². The Balaban J connectivity index is 2.22. The molecule has 0 bridgehead atoms. The summed E-state index contributed by atoms with van der Waals surface area (Å²) in [7, 11) is 0. The molecule has 10 atom stereocenters. The first-order chi connectivity index (χ1) is 17.7. The molecule has 1 saturated heterocycles. The van der Waals surface area contributed by atoms with E-state index in [2.05, 4.69) is 13.2 Å². The van der Waals surface area contributed by atoms with Crippen LogP contribution in [0, 0.1) is 28.6 Å². The summed E-state index contributed by atoms with van der Waals surface area (Å²) in [6.07, 6.45) is -0.516. The van der Waals surface area contributed by atoms with Gasteiger partial charge in [-0.25, -0.2) is 0 Å². The highest BCUT2D eigenvalue weighted by molar-refractivity contribution is 5.72. The van der Waals surface area contributed by atoms with Crippen molar-refractivity contribution < 1.29 is 43.5 Å². The van der Waals surface area contributed by atoms with Crippen molar-refractivity contribution in [2.24, 2.45) is 28.6 Å². The zero-order chi connectivity index (χ0) is 28.6. The first-order valence-corrected chi connectivity index (χ1v) is 13.3. The molecule has 1 heterocycles. The lowest BCUT2D eigenvalue weighted by Gasteiger charge is -2.60. The average Bonchev–Trinajstić information content (AvgIpc) is 3.13. The van der Waals surface area contributed by atoms with E-state index in [9.17, 15) is 24.6 Å². The molecule has 1 spiro atoms. The van der Waals surface area contributed by atoms with Crippen molar-refractivity contribution in [1.82, 2.24) is 0 Å². The lowest BCUT2D eigenvalue weighted by molar-refractivity contribution is -0.256. The van der Waals surface area contributed by atoms with E-state index >= 15 is 0 Å². The fourth-order valence-electron chi connectivity index (χ4n) is 6.52. The van der Waals surface area contributed by atoms with E-state index in [1.54, 1.807) is 13.0 Å². The quantitative estimate of drug-likeness (QED) is 0.197. The summed E-state index contributed by atoms with van der Waals surface area (Å²) in [6.45, 7) is 17.8. The zero-order valence-electron chi connectivity index (χ0n) is 23.3. The predicted molar refractivity (Wildman–Crippen MR) is 138 cm³/mol. The number of hydrogen-bond donors (Lipinski definition) is 2. The van der Waals surface area contributed by atoms with Gasteiger partial charge >= 0.3 is 17.9 Å². The number of esters is 3. The third-order valence-corrected chi connectivity index (χ3v) is 9.00. The summed E-state index contributed by atoms with van der Waals surface area (Å²) in [4.78, 5) is 37.0. The molecule has 38 heavy (non-hydrogen) atoms. The van der Waals surface area contributed by atoms with Crippen molar-refractivity contribution >= 4 is 17.9 Å². The fraction of sp³-hybridized carbons (Fsp3) is 0.690. The largest absolute Gasteiger partial charge is 0.458 e. The number of aliphatic hydroxyl groups excluding tert-OH is 2. The van der Waals surface area contributed by atoms with Crippen molar-refractivity contribution in [3.8, 4) is 0 Å². The van der Waals surface area contributed by atoms with Crippen LogP contribution in [0.2, 0.25) is 0 Å².